The molecule has 1 aliphatic rings. The van der Waals surface area contributed by atoms with Gasteiger partial charge in [0.15, 0.2) is 5.78 Å². The van der Waals surface area contributed by atoms with Gasteiger partial charge in [0.2, 0.25) is 5.91 Å². The van der Waals surface area contributed by atoms with Gasteiger partial charge in [-0.2, -0.15) is 0 Å². The van der Waals surface area contributed by atoms with Gasteiger partial charge in [-0.3, -0.25) is 9.59 Å². The lowest BCUT2D eigenvalue weighted by atomic mass is 10.1. The van der Waals surface area contributed by atoms with E-state index in [1.807, 2.05) is 0 Å². The Kier molecular flexibility index (Phi) is 5.93. The molecule has 3 amide bonds. The van der Waals surface area contributed by atoms with Crippen LogP contribution in [-0.2, 0) is 4.79 Å². The number of amides is 3. The number of methoxy groups -OCH3 is 1. The van der Waals surface area contributed by atoms with Gasteiger partial charge >= 0.3 is 6.03 Å². The average molecular weight is 381 g/mol. The fourth-order valence-electron chi connectivity index (χ4n) is 3.17. The molecule has 0 saturated carbocycles. The van der Waals surface area contributed by atoms with Crippen molar-refractivity contribution in [2.24, 2.45) is 0 Å². The second-order valence-electron chi connectivity index (χ2n) is 6.63. The van der Waals surface area contributed by atoms with E-state index in [1.165, 1.54) is 6.92 Å². The molecule has 7 nitrogen and oxygen atoms in total. The maximum atomic E-state index is 12.7. The van der Waals surface area contributed by atoms with Crippen LogP contribution >= 0.6 is 0 Å². The van der Waals surface area contributed by atoms with E-state index in [0.717, 1.165) is 6.42 Å². The molecule has 1 heterocycles. The van der Waals surface area contributed by atoms with Crippen molar-refractivity contribution in [1.29, 1.82) is 0 Å². The molecule has 2 N–H and O–H groups in total. The zero-order valence-corrected chi connectivity index (χ0v) is 15.9. The van der Waals surface area contributed by atoms with Crippen molar-refractivity contribution in [2.75, 3.05) is 24.3 Å². The Bertz CT molecular complexity index is 862. The molecule has 0 aromatic heterocycles. The number of Topliss-reactive ketones (excluding diaryl/α,β-unsaturated/α-hetero) is 1. The number of nitrogens with zero attached hydrogens (tertiary/aromatic N) is 1. The third-order valence-electron chi connectivity index (χ3n) is 4.72. The van der Waals surface area contributed by atoms with Gasteiger partial charge in [0.25, 0.3) is 0 Å². The third kappa shape index (κ3) is 4.49. The average Bonchev–Trinajstić information content (AvgIpc) is 3.19. The van der Waals surface area contributed by atoms with E-state index < -0.39 is 6.04 Å². The van der Waals surface area contributed by atoms with Crippen LogP contribution in [0.2, 0.25) is 0 Å². The van der Waals surface area contributed by atoms with Gasteiger partial charge in [-0.1, -0.05) is 0 Å². The van der Waals surface area contributed by atoms with E-state index >= 15 is 0 Å². The summed E-state index contributed by atoms with van der Waals surface area (Å²) in [4.78, 5) is 38.2. The van der Waals surface area contributed by atoms with Crippen molar-refractivity contribution in [1.82, 2.24) is 4.90 Å². The highest BCUT2D eigenvalue weighted by atomic mass is 16.5. The number of carbonyl (C=O) groups is 3. The number of hydrogen-bond acceptors (Lipinski definition) is 4. The van der Waals surface area contributed by atoms with Gasteiger partial charge in [-0.15, -0.1) is 0 Å². The monoisotopic (exact) mass is 381 g/mol. The summed E-state index contributed by atoms with van der Waals surface area (Å²) < 4.78 is 5.10. The maximum Gasteiger partial charge on any atom is 0.322 e. The van der Waals surface area contributed by atoms with Gasteiger partial charge in [-0.05, 0) is 68.3 Å². The largest absolute Gasteiger partial charge is 0.497 e. The van der Waals surface area contributed by atoms with Crippen LogP contribution in [0.3, 0.4) is 0 Å². The number of ether oxygens (including phenoxy) is 1. The highest BCUT2D eigenvalue weighted by molar-refractivity contribution is 6.00. The summed E-state index contributed by atoms with van der Waals surface area (Å²) in [5, 5.41) is 5.64. The molecular weight excluding hydrogens is 358 g/mol. The molecule has 3 rings (SSSR count). The van der Waals surface area contributed by atoms with Crippen LogP contribution in [0.15, 0.2) is 48.5 Å². The van der Waals surface area contributed by atoms with Gasteiger partial charge < -0.3 is 20.3 Å². The molecule has 1 unspecified atom stereocenters. The van der Waals surface area contributed by atoms with Crippen LogP contribution in [0.1, 0.15) is 30.1 Å². The van der Waals surface area contributed by atoms with E-state index in [1.54, 1.807) is 60.5 Å². The second kappa shape index (κ2) is 8.56. The molecule has 1 saturated heterocycles. The number of anilines is 2. The normalized spacial score (nSPS) is 15.8. The first-order chi connectivity index (χ1) is 13.5. The molecule has 0 aliphatic carbocycles. The zero-order valence-electron chi connectivity index (χ0n) is 15.9. The van der Waals surface area contributed by atoms with Gasteiger partial charge in [-0.25, -0.2) is 4.79 Å². The third-order valence-corrected chi connectivity index (χ3v) is 4.72. The number of rotatable bonds is 5. The number of urea groups is 1. The number of carbonyl (C=O) groups excluding carboxylic acids is 3. The molecular formula is C21H23N3O4. The predicted octanol–water partition coefficient (Wildman–Crippen LogP) is 3.53. The molecule has 1 atom stereocenters. The van der Waals surface area contributed by atoms with Crippen molar-refractivity contribution in [2.45, 2.75) is 25.8 Å². The lowest BCUT2D eigenvalue weighted by Gasteiger charge is -2.24. The summed E-state index contributed by atoms with van der Waals surface area (Å²) in [5.41, 5.74) is 1.81. The van der Waals surface area contributed by atoms with Crippen molar-refractivity contribution in [3.8, 4) is 5.75 Å². The van der Waals surface area contributed by atoms with Crippen LogP contribution in [0.5, 0.6) is 5.75 Å². The number of ketones is 1. The summed E-state index contributed by atoms with van der Waals surface area (Å²) in [5.74, 6) is 0.431. The highest BCUT2D eigenvalue weighted by Crippen LogP contribution is 2.22. The van der Waals surface area contributed by atoms with Crippen molar-refractivity contribution >= 4 is 29.1 Å². The highest BCUT2D eigenvalue weighted by Gasteiger charge is 2.34. The SMILES string of the molecule is COc1ccc(NC(=O)N2CCCC2C(=O)Nc2ccc(C(C)=O)cc2)cc1. The summed E-state index contributed by atoms with van der Waals surface area (Å²) >= 11 is 0. The fraction of sp³-hybridized carbons (Fsp3) is 0.286. The van der Waals surface area contributed by atoms with Crippen molar-refractivity contribution in [3.63, 3.8) is 0 Å². The topological polar surface area (TPSA) is 87.7 Å². The lowest BCUT2D eigenvalue weighted by molar-refractivity contribution is -0.119. The molecule has 0 bridgehead atoms. The Labute approximate surface area is 163 Å². The van der Waals surface area contributed by atoms with Gasteiger partial charge in [0.05, 0.1) is 7.11 Å². The minimum atomic E-state index is -0.536. The molecule has 1 fully saturated rings. The molecule has 28 heavy (non-hydrogen) atoms. The first-order valence-electron chi connectivity index (χ1n) is 9.11. The summed E-state index contributed by atoms with van der Waals surface area (Å²) in [6.07, 6.45) is 1.37. The van der Waals surface area contributed by atoms with Crippen LogP contribution in [0, 0.1) is 0 Å². The van der Waals surface area contributed by atoms with Crippen LogP contribution < -0.4 is 15.4 Å². The van der Waals surface area contributed by atoms with E-state index in [0.29, 0.717) is 35.7 Å². The summed E-state index contributed by atoms with van der Waals surface area (Å²) in [6, 6.07) is 12.9. The minimum Gasteiger partial charge on any atom is -0.497 e. The number of likely N-dealkylation sites (tertiary alicyclic amines) is 1. The zero-order chi connectivity index (χ0) is 20.1. The Morgan fingerprint density at radius 3 is 2.18 bits per heavy atom. The first-order valence-corrected chi connectivity index (χ1v) is 9.11. The predicted molar refractivity (Wildman–Crippen MR) is 107 cm³/mol. The standard InChI is InChI=1S/C21H23N3O4/c1-14(25)15-5-7-16(8-6-15)22-20(26)19-4-3-13-24(19)21(27)23-17-9-11-18(28-2)12-10-17/h5-12,19H,3-4,13H2,1-2H3,(H,22,26)(H,23,27). The Morgan fingerprint density at radius 2 is 1.57 bits per heavy atom. The van der Waals surface area contributed by atoms with Crippen LogP contribution in [-0.4, -0.2) is 42.3 Å². The first kappa shape index (κ1) is 19.4. The molecule has 0 spiro atoms. The number of benzene rings is 2. The van der Waals surface area contributed by atoms with Crippen LogP contribution in [0.25, 0.3) is 0 Å². The quantitative estimate of drug-likeness (QED) is 0.776. The number of hydrogen-bond donors (Lipinski definition) is 2. The molecule has 146 valence electrons. The smallest absolute Gasteiger partial charge is 0.322 e. The summed E-state index contributed by atoms with van der Waals surface area (Å²) in [6.45, 7) is 2.01. The Morgan fingerprint density at radius 1 is 0.964 bits per heavy atom. The molecule has 2 aromatic carbocycles. The minimum absolute atomic E-state index is 0.0324. The fourth-order valence-corrected chi connectivity index (χ4v) is 3.17. The van der Waals surface area contributed by atoms with E-state index in [4.69, 9.17) is 4.74 Å². The molecule has 1 aliphatic heterocycles. The van der Waals surface area contributed by atoms with E-state index in [-0.39, 0.29) is 17.7 Å². The Balaban J connectivity index is 1.63. The number of nitrogens with one attached hydrogen (secondary N) is 2. The van der Waals surface area contributed by atoms with Gasteiger partial charge in [0, 0.05) is 23.5 Å². The van der Waals surface area contributed by atoms with Crippen molar-refractivity contribution < 1.29 is 19.1 Å². The Hall–Kier alpha value is -3.35. The molecule has 7 heteroatoms. The lowest BCUT2D eigenvalue weighted by Crippen LogP contribution is -2.45. The molecule has 0 radical (unpaired) electrons. The second-order valence-corrected chi connectivity index (χ2v) is 6.63. The maximum absolute atomic E-state index is 12.7. The van der Waals surface area contributed by atoms with E-state index in [9.17, 15) is 14.4 Å². The van der Waals surface area contributed by atoms with Crippen LogP contribution in [0.4, 0.5) is 16.2 Å². The van der Waals surface area contributed by atoms with E-state index in [2.05, 4.69) is 10.6 Å². The van der Waals surface area contributed by atoms with Crippen molar-refractivity contribution in [3.05, 3.63) is 54.1 Å². The summed E-state index contributed by atoms with van der Waals surface area (Å²) in [7, 11) is 1.58. The van der Waals surface area contributed by atoms with Gasteiger partial charge in [0.1, 0.15) is 11.8 Å². The molecule has 2 aromatic rings.